The number of hydrogen-bond acceptors (Lipinski definition) is 3. The van der Waals surface area contributed by atoms with Crippen LogP contribution in [0, 0.1) is 0 Å². The van der Waals surface area contributed by atoms with Crippen LogP contribution in [0.4, 0.5) is 0 Å². The molecule has 0 radical (unpaired) electrons. The summed E-state index contributed by atoms with van der Waals surface area (Å²) < 4.78 is 5.79. The van der Waals surface area contributed by atoms with Crippen LogP contribution in [0.5, 0.6) is 5.75 Å². The molecule has 1 aliphatic heterocycles. The zero-order valence-electron chi connectivity index (χ0n) is 13.1. The van der Waals surface area contributed by atoms with Gasteiger partial charge in [-0.2, -0.15) is 0 Å². The first-order valence-corrected chi connectivity index (χ1v) is 8.01. The van der Waals surface area contributed by atoms with E-state index in [0.29, 0.717) is 12.2 Å². The van der Waals surface area contributed by atoms with Gasteiger partial charge in [-0.1, -0.05) is 24.3 Å². The Kier molecular flexibility index (Phi) is 4.93. The molecule has 2 aromatic carbocycles. The number of likely N-dealkylation sites (tertiary alicyclic amines) is 1. The predicted octanol–water partition coefficient (Wildman–Crippen LogP) is 3.53. The van der Waals surface area contributed by atoms with Gasteiger partial charge in [-0.05, 0) is 61.3 Å². The Hall–Kier alpha value is -2.33. The van der Waals surface area contributed by atoms with Gasteiger partial charge in [0.25, 0.3) is 0 Å². The lowest BCUT2D eigenvalue weighted by atomic mass is 10.0. The molecule has 0 unspecified atom stereocenters. The number of carboxylic acid groups (broad SMARTS) is 1. The van der Waals surface area contributed by atoms with Crippen LogP contribution in [0.2, 0.25) is 0 Å². The van der Waals surface area contributed by atoms with Crippen LogP contribution < -0.4 is 4.74 Å². The van der Waals surface area contributed by atoms with Gasteiger partial charge >= 0.3 is 5.97 Å². The highest BCUT2D eigenvalue weighted by molar-refractivity contribution is 5.88. The van der Waals surface area contributed by atoms with Crippen molar-refractivity contribution in [1.82, 2.24) is 4.90 Å². The normalized spacial score (nSPS) is 14.8. The number of ether oxygens (including phenoxy) is 1. The van der Waals surface area contributed by atoms with Crippen molar-refractivity contribution in [2.45, 2.75) is 12.8 Å². The molecule has 2 aromatic rings. The van der Waals surface area contributed by atoms with Crippen molar-refractivity contribution in [2.75, 3.05) is 26.2 Å². The van der Waals surface area contributed by atoms with Crippen LogP contribution in [-0.2, 0) is 0 Å². The highest BCUT2D eigenvalue weighted by atomic mass is 16.5. The quantitative estimate of drug-likeness (QED) is 0.886. The van der Waals surface area contributed by atoms with Crippen molar-refractivity contribution in [3.8, 4) is 16.9 Å². The smallest absolute Gasteiger partial charge is 0.335 e. The largest absolute Gasteiger partial charge is 0.492 e. The third-order valence-electron chi connectivity index (χ3n) is 4.19. The third-order valence-corrected chi connectivity index (χ3v) is 4.19. The van der Waals surface area contributed by atoms with Crippen LogP contribution in [0.25, 0.3) is 11.1 Å². The maximum Gasteiger partial charge on any atom is 0.335 e. The Labute approximate surface area is 136 Å². The van der Waals surface area contributed by atoms with E-state index in [-0.39, 0.29) is 0 Å². The Balaban J connectivity index is 1.56. The summed E-state index contributed by atoms with van der Waals surface area (Å²) in [5, 5.41) is 8.92. The summed E-state index contributed by atoms with van der Waals surface area (Å²) in [6.07, 6.45) is 2.60. The fourth-order valence-corrected chi connectivity index (χ4v) is 2.85. The SMILES string of the molecule is O=C(O)c1ccc(-c2ccc(OCCN3CCCC3)cc2)cc1. The summed E-state index contributed by atoms with van der Waals surface area (Å²) in [5.74, 6) is -0.0339. The van der Waals surface area contributed by atoms with Crippen molar-refractivity contribution in [3.05, 3.63) is 54.1 Å². The molecule has 1 aliphatic rings. The molecule has 3 rings (SSSR count). The van der Waals surface area contributed by atoms with Crippen molar-refractivity contribution in [3.63, 3.8) is 0 Å². The minimum atomic E-state index is -0.904. The lowest BCUT2D eigenvalue weighted by Gasteiger charge is -2.15. The molecule has 120 valence electrons. The molecule has 1 saturated heterocycles. The zero-order chi connectivity index (χ0) is 16.1. The standard InChI is InChI=1S/C19H21NO3/c21-19(22)17-5-3-15(4-6-17)16-7-9-18(10-8-16)23-14-13-20-11-1-2-12-20/h3-10H,1-2,11-14H2,(H,21,22). The Morgan fingerprint density at radius 3 is 2.09 bits per heavy atom. The Morgan fingerprint density at radius 1 is 0.957 bits per heavy atom. The average Bonchev–Trinajstić information content (AvgIpc) is 3.09. The minimum Gasteiger partial charge on any atom is -0.492 e. The minimum absolute atomic E-state index is 0.301. The summed E-state index contributed by atoms with van der Waals surface area (Å²) in [5.41, 5.74) is 2.35. The van der Waals surface area contributed by atoms with E-state index in [1.54, 1.807) is 12.1 Å². The van der Waals surface area contributed by atoms with E-state index < -0.39 is 5.97 Å². The fraction of sp³-hybridized carbons (Fsp3) is 0.316. The predicted molar refractivity (Wildman–Crippen MR) is 90.0 cm³/mol. The summed E-state index contributed by atoms with van der Waals surface area (Å²) in [4.78, 5) is 13.3. The third kappa shape index (κ3) is 4.11. The number of benzene rings is 2. The molecular weight excluding hydrogens is 290 g/mol. The molecule has 4 nitrogen and oxygen atoms in total. The van der Waals surface area contributed by atoms with Gasteiger partial charge in [0.15, 0.2) is 0 Å². The van der Waals surface area contributed by atoms with Crippen LogP contribution in [-0.4, -0.2) is 42.2 Å². The summed E-state index contributed by atoms with van der Waals surface area (Å²) in [6.45, 7) is 4.08. The molecule has 0 aliphatic carbocycles. The number of carbonyl (C=O) groups is 1. The van der Waals surface area contributed by atoms with E-state index >= 15 is 0 Å². The van der Waals surface area contributed by atoms with E-state index in [0.717, 1.165) is 23.4 Å². The average molecular weight is 311 g/mol. The molecule has 1 heterocycles. The van der Waals surface area contributed by atoms with E-state index in [1.807, 2.05) is 36.4 Å². The topological polar surface area (TPSA) is 49.8 Å². The molecule has 1 fully saturated rings. The van der Waals surface area contributed by atoms with E-state index in [1.165, 1.54) is 25.9 Å². The number of nitrogens with zero attached hydrogens (tertiary/aromatic N) is 1. The maximum atomic E-state index is 10.9. The number of rotatable bonds is 6. The second kappa shape index (κ2) is 7.29. The van der Waals surface area contributed by atoms with Crippen LogP contribution in [0.15, 0.2) is 48.5 Å². The van der Waals surface area contributed by atoms with Gasteiger partial charge in [0.2, 0.25) is 0 Å². The van der Waals surface area contributed by atoms with E-state index in [4.69, 9.17) is 9.84 Å². The van der Waals surface area contributed by atoms with Gasteiger partial charge in [-0.3, -0.25) is 4.90 Å². The first-order chi connectivity index (χ1) is 11.2. The highest BCUT2D eigenvalue weighted by Gasteiger charge is 2.10. The zero-order valence-corrected chi connectivity index (χ0v) is 13.1. The lowest BCUT2D eigenvalue weighted by Crippen LogP contribution is -2.25. The summed E-state index contributed by atoms with van der Waals surface area (Å²) in [6, 6.07) is 14.8. The van der Waals surface area contributed by atoms with Gasteiger partial charge in [0.1, 0.15) is 12.4 Å². The van der Waals surface area contributed by atoms with Gasteiger partial charge in [-0.25, -0.2) is 4.79 Å². The van der Waals surface area contributed by atoms with Gasteiger partial charge < -0.3 is 9.84 Å². The molecule has 1 N–H and O–H groups in total. The van der Waals surface area contributed by atoms with Crippen LogP contribution in [0.1, 0.15) is 23.2 Å². The molecule has 4 heteroatoms. The van der Waals surface area contributed by atoms with Gasteiger partial charge in [-0.15, -0.1) is 0 Å². The van der Waals surface area contributed by atoms with Crippen molar-refractivity contribution >= 4 is 5.97 Å². The number of aromatic carboxylic acids is 1. The Bertz CT molecular complexity index is 643. The van der Waals surface area contributed by atoms with Crippen molar-refractivity contribution in [1.29, 1.82) is 0 Å². The van der Waals surface area contributed by atoms with Crippen LogP contribution >= 0.6 is 0 Å². The molecule has 0 atom stereocenters. The lowest BCUT2D eigenvalue weighted by molar-refractivity contribution is 0.0697. The van der Waals surface area contributed by atoms with Gasteiger partial charge in [0.05, 0.1) is 5.56 Å². The van der Waals surface area contributed by atoms with Crippen LogP contribution in [0.3, 0.4) is 0 Å². The van der Waals surface area contributed by atoms with Crippen molar-refractivity contribution in [2.24, 2.45) is 0 Å². The molecular formula is C19H21NO3. The highest BCUT2D eigenvalue weighted by Crippen LogP contribution is 2.23. The molecule has 0 spiro atoms. The maximum absolute atomic E-state index is 10.9. The molecule has 0 aromatic heterocycles. The van der Waals surface area contributed by atoms with E-state index in [2.05, 4.69) is 4.90 Å². The monoisotopic (exact) mass is 311 g/mol. The fourth-order valence-electron chi connectivity index (χ4n) is 2.85. The number of hydrogen-bond donors (Lipinski definition) is 1. The first kappa shape index (κ1) is 15.6. The second-order valence-electron chi connectivity index (χ2n) is 5.80. The molecule has 0 amide bonds. The summed E-state index contributed by atoms with van der Waals surface area (Å²) >= 11 is 0. The summed E-state index contributed by atoms with van der Waals surface area (Å²) in [7, 11) is 0. The second-order valence-corrected chi connectivity index (χ2v) is 5.80. The van der Waals surface area contributed by atoms with E-state index in [9.17, 15) is 4.79 Å². The van der Waals surface area contributed by atoms with Crippen molar-refractivity contribution < 1.29 is 14.6 Å². The molecule has 0 bridgehead atoms. The first-order valence-electron chi connectivity index (χ1n) is 8.01. The Morgan fingerprint density at radius 2 is 1.52 bits per heavy atom. The number of carboxylic acids is 1. The van der Waals surface area contributed by atoms with Gasteiger partial charge in [0, 0.05) is 6.54 Å². The molecule has 23 heavy (non-hydrogen) atoms. The molecule has 0 saturated carbocycles.